The number of nitrogens with zero attached hydrogens (tertiary/aromatic N) is 2. The monoisotopic (exact) mass is 180 g/mol. The average molecular weight is 180 g/mol. The second kappa shape index (κ2) is 2.96. The lowest BCUT2D eigenvalue weighted by molar-refractivity contribution is 0.0160. The zero-order valence-electron chi connectivity index (χ0n) is 7.78. The van der Waals surface area contributed by atoms with E-state index in [1.807, 2.05) is 11.5 Å². The number of fused-ring (bicyclic) bond motifs is 1. The van der Waals surface area contributed by atoms with Gasteiger partial charge in [-0.25, -0.2) is 4.98 Å². The Morgan fingerprint density at radius 3 is 3.23 bits per heavy atom. The molecule has 1 aliphatic rings. The van der Waals surface area contributed by atoms with Crippen molar-refractivity contribution in [1.29, 1.82) is 0 Å². The minimum absolute atomic E-state index is 0.0142. The summed E-state index contributed by atoms with van der Waals surface area (Å²) in [6.07, 6.45) is 1.88. The molecule has 4 heteroatoms. The van der Waals surface area contributed by atoms with Crippen LogP contribution in [0.4, 0.5) is 0 Å². The number of rotatable bonds is 1. The molecule has 0 bridgehead atoms. The molecule has 1 atom stereocenters. The minimum Gasteiger partial charge on any atom is -0.370 e. The largest absolute Gasteiger partial charge is 0.370 e. The van der Waals surface area contributed by atoms with Crippen LogP contribution in [0.25, 0.3) is 0 Å². The smallest absolute Gasteiger partial charge is 0.195 e. The Morgan fingerprint density at radius 1 is 1.77 bits per heavy atom. The molecule has 0 fully saturated rings. The van der Waals surface area contributed by atoms with Crippen molar-refractivity contribution in [3.05, 3.63) is 17.7 Å². The standard InChI is InChI=1S/C9H12N2O2/c1-6-4-11-8(5-13-6)3-10-9(11)7(2)12/h3,6H,4-5H2,1-2H3. The van der Waals surface area contributed by atoms with Crippen LogP contribution in [0.15, 0.2) is 6.20 Å². The van der Waals surface area contributed by atoms with Crippen molar-refractivity contribution >= 4 is 5.78 Å². The lowest BCUT2D eigenvalue weighted by Gasteiger charge is -2.22. The van der Waals surface area contributed by atoms with Crippen molar-refractivity contribution < 1.29 is 9.53 Å². The fourth-order valence-electron chi connectivity index (χ4n) is 1.55. The van der Waals surface area contributed by atoms with Crippen LogP contribution in [0.5, 0.6) is 0 Å². The van der Waals surface area contributed by atoms with Gasteiger partial charge in [0, 0.05) is 6.92 Å². The van der Waals surface area contributed by atoms with Gasteiger partial charge in [0.15, 0.2) is 11.6 Å². The molecule has 1 aliphatic heterocycles. The first-order valence-corrected chi connectivity index (χ1v) is 4.35. The van der Waals surface area contributed by atoms with Gasteiger partial charge in [-0.2, -0.15) is 0 Å². The Morgan fingerprint density at radius 2 is 2.54 bits per heavy atom. The van der Waals surface area contributed by atoms with E-state index in [4.69, 9.17) is 4.74 Å². The van der Waals surface area contributed by atoms with E-state index in [9.17, 15) is 4.79 Å². The molecule has 0 spiro atoms. The van der Waals surface area contributed by atoms with E-state index in [1.165, 1.54) is 6.92 Å². The maximum absolute atomic E-state index is 11.2. The third kappa shape index (κ3) is 1.37. The summed E-state index contributed by atoms with van der Waals surface area (Å²) >= 11 is 0. The highest BCUT2D eigenvalue weighted by atomic mass is 16.5. The molecule has 0 aliphatic carbocycles. The van der Waals surface area contributed by atoms with E-state index in [1.54, 1.807) is 6.20 Å². The van der Waals surface area contributed by atoms with Gasteiger partial charge in [0.1, 0.15) is 0 Å². The molecule has 0 saturated heterocycles. The van der Waals surface area contributed by atoms with Crippen LogP contribution in [0.2, 0.25) is 0 Å². The van der Waals surface area contributed by atoms with Crippen LogP contribution < -0.4 is 0 Å². The Bertz CT molecular complexity index is 343. The van der Waals surface area contributed by atoms with Gasteiger partial charge in [-0.15, -0.1) is 0 Å². The molecule has 1 unspecified atom stereocenters. The van der Waals surface area contributed by atoms with Crippen molar-refractivity contribution in [2.24, 2.45) is 0 Å². The Kier molecular flexibility index (Phi) is 1.92. The molecule has 0 N–H and O–H groups in total. The van der Waals surface area contributed by atoms with E-state index < -0.39 is 0 Å². The highest BCUT2D eigenvalue weighted by Crippen LogP contribution is 2.15. The first-order chi connectivity index (χ1) is 6.18. The summed E-state index contributed by atoms with van der Waals surface area (Å²) < 4.78 is 7.37. The first-order valence-electron chi connectivity index (χ1n) is 4.35. The molecular weight excluding hydrogens is 168 g/mol. The van der Waals surface area contributed by atoms with Crippen molar-refractivity contribution in [3.63, 3.8) is 0 Å². The minimum atomic E-state index is 0.0142. The van der Waals surface area contributed by atoms with Crippen molar-refractivity contribution in [2.75, 3.05) is 0 Å². The molecule has 0 aromatic carbocycles. The number of carbonyl (C=O) groups is 1. The fraction of sp³-hybridized carbons (Fsp3) is 0.556. The molecule has 1 aromatic rings. The molecule has 0 radical (unpaired) electrons. The van der Waals surface area contributed by atoms with Crippen LogP contribution in [-0.4, -0.2) is 21.4 Å². The van der Waals surface area contributed by atoms with Crippen molar-refractivity contribution in [3.8, 4) is 0 Å². The molecule has 2 heterocycles. The zero-order chi connectivity index (χ0) is 9.42. The van der Waals surface area contributed by atoms with Crippen LogP contribution in [0.3, 0.4) is 0 Å². The number of hydrogen-bond acceptors (Lipinski definition) is 3. The highest BCUT2D eigenvalue weighted by Gasteiger charge is 2.20. The second-order valence-corrected chi connectivity index (χ2v) is 3.36. The van der Waals surface area contributed by atoms with E-state index in [0.29, 0.717) is 12.4 Å². The highest BCUT2D eigenvalue weighted by molar-refractivity contribution is 5.90. The maximum Gasteiger partial charge on any atom is 0.195 e. The third-order valence-corrected chi connectivity index (χ3v) is 2.21. The fourth-order valence-corrected chi connectivity index (χ4v) is 1.55. The number of aromatic nitrogens is 2. The summed E-state index contributed by atoms with van der Waals surface area (Å²) in [5, 5.41) is 0. The molecule has 0 saturated carbocycles. The predicted octanol–water partition coefficient (Wildman–Crippen LogP) is 1.00. The van der Waals surface area contributed by atoms with Gasteiger partial charge in [-0.3, -0.25) is 4.79 Å². The van der Waals surface area contributed by atoms with Gasteiger partial charge >= 0.3 is 0 Å². The quantitative estimate of drug-likeness (QED) is 0.606. The summed E-state index contributed by atoms with van der Waals surface area (Å²) in [4.78, 5) is 15.2. The van der Waals surface area contributed by atoms with Crippen molar-refractivity contribution in [1.82, 2.24) is 9.55 Å². The maximum atomic E-state index is 11.2. The van der Waals surface area contributed by atoms with Crippen LogP contribution in [-0.2, 0) is 17.9 Å². The summed E-state index contributed by atoms with van der Waals surface area (Å²) in [6.45, 7) is 4.81. The lowest BCUT2D eigenvalue weighted by atomic mass is 10.3. The van der Waals surface area contributed by atoms with Gasteiger partial charge in [0.05, 0.1) is 31.1 Å². The van der Waals surface area contributed by atoms with E-state index in [-0.39, 0.29) is 11.9 Å². The van der Waals surface area contributed by atoms with Gasteiger partial charge < -0.3 is 9.30 Å². The average Bonchev–Trinajstić information content (AvgIpc) is 2.46. The molecule has 4 nitrogen and oxygen atoms in total. The van der Waals surface area contributed by atoms with Crippen LogP contribution in [0, 0.1) is 0 Å². The number of ketones is 1. The molecule has 2 rings (SSSR count). The molecular formula is C9H12N2O2. The van der Waals surface area contributed by atoms with Gasteiger partial charge in [0.25, 0.3) is 0 Å². The lowest BCUT2D eigenvalue weighted by Crippen LogP contribution is -2.26. The number of hydrogen-bond donors (Lipinski definition) is 0. The first kappa shape index (κ1) is 8.44. The normalized spacial score (nSPS) is 21.2. The van der Waals surface area contributed by atoms with E-state index in [0.717, 1.165) is 12.2 Å². The molecule has 70 valence electrons. The van der Waals surface area contributed by atoms with Crippen LogP contribution in [0.1, 0.15) is 30.2 Å². The SMILES string of the molecule is CC(=O)c1ncc2n1CC(C)OC2. The summed E-state index contributed by atoms with van der Waals surface area (Å²) in [5.41, 5.74) is 0.989. The molecule has 13 heavy (non-hydrogen) atoms. The predicted molar refractivity (Wildman–Crippen MR) is 46.5 cm³/mol. The topological polar surface area (TPSA) is 44.1 Å². The number of ether oxygens (including phenoxy) is 1. The van der Waals surface area contributed by atoms with Crippen molar-refractivity contribution in [2.45, 2.75) is 33.1 Å². The Labute approximate surface area is 76.5 Å². The van der Waals surface area contributed by atoms with Gasteiger partial charge in [0.2, 0.25) is 0 Å². The summed E-state index contributed by atoms with van der Waals surface area (Å²) in [6, 6.07) is 0. The van der Waals surface area contributed by atoms with E-state index in [2.05, 4.69) is 4.98 Å². The summed E-state index contributed by atoms with van der Waals surface area (Å²) in [5.74, 6) is 0.561. The number of imidazole rings is 1. The van der Waals surface area contributed by atoms with Gasteiger partial charge in [-0.1, -0.05) is 0 Å². The molecule has 1 aromatic heterocycles. The Hall–Kier alpha value is -1.16. The summed E-state index contributed by atoms with van der Waals surface area (Å²) in [7, 11) is 0. The van der Waals surface area contributed by atoms with Gasteiger partial charge in [-0.05, 0) is 6.92 Å². The molecule has 0 amide bonds. The third-order valence-electron chi connectivity index (χ3n) is 2.21. The van der Waals surface area contributed by atoms with Crippen LogP contribution >= 0.6 is 0 Å². The zero-order valence-corrected chi connectivity index (χ0v) is 7.78. The number of Topliss-reactive ketones (excluding diaryl/α,β-unsaturated/α-hetero) is 1. The second-order valence-electron chi connectivity index (χ2n) is 3.36. The number of carbonyl (C=O) groups excluding carboxylic acids is 1. The van der Waals surface area contributed by atoms with E-state index >= 15 is 0 Å². The Balaban J connectivity index is 2.41.